The molecule has 1 rings (SSSR count). The van der Waals surface area contributed by atoms with Crippen molar-refractivity contribution in [2.75, 3.05) is 13.1 Å². The minimum Gasteiger partial charge on any atom is -0.508 e. The van der Waals surface area contributed by atoms with Crippen LogP contribution < -0.4 is 5.73 Å². The van der Waals surface area contributed by atoms with Crippen molar-refractivity contribution in [3.8, 4) is 5.75 Å². The molecule has 0 aromatic heterocycles. The number of carbonyl (C=O) groups excluding carboxylic acids is 1. The number of benzene rings is 1. The highest BCUT2D eigenvalue weighted by atomic mass is 16.3. The molecule has 0 aliphatic rings. The van der Waals surface area contributed by atoms with Gasteiger partial charge in [0.15, 0.2) is 0 Å². The first-order valence-electron chi connectivity index (χ1n) is 5.90. The Bertz CT molecular complexity index is 358. The van der Waals surface area contributed by atoms with Gasteiger partial charge in [-0.25, -0.2) is 0 Å². The molecule has 1 amide bonds. The summed E-state index contributed by atoms with van der Waals surface area (Å²) in [6.07, 6.45) is 0.496. The summed E-state index contributed by atoms with van der Waals surface area (Å²) < 4.78 is 0. The van der Waals surface area contributed by atoms with Gasteiger partial charge in [-0.2, -0.15) is 0 Å². The van der Waals surface area contributed by atoms with E-state index in [2.05, 4.69) is 0 Å². The first-order chi connectivity index (χ1) is 8.08. The average molecular weight is 236 g/mol. The Morgan fingerprint density at radius 3 is 2.29 bits per heavy atom. The largest absolute Gasteiger partial charge is 0.508 e. The van der Waals surface area contributed by atoms with Crippen LogP contribution in [-0.4, -0.2) is 35.0 Å². The number of carbonyl (C=O) groups is 1. The molecule has 0 aliphatic heterocycles. The second kappa shape index (κ2) is 6.25. The predicted octanol–water partition coefficient (Wildman–Crippen LogP) is 1.13. The molecule has 0 heterocycles. The van der Waals surface area contributed by atoms with Crippen LogP contribution in [0.5, 0.6) is 5.75 Å². The summed E-state index contributed by atoms with van der Waals surface area (Å²) in [4.78, 5) is 13.7. The van der Waals surface area contributed by atoms with Crippen molar-refractivity contribution in [3.05, 3.63) is 29.8 Å². The highest BCUT2D eigenvalue weighted by Crippen LogP contribution is 2.11. The van der Waals surface area contributed by atoms with Gasteiger partial charge < -0.3 is 15.7 Å². The van der Waals surface area contributed by atoms with Crippen LogP contribution in [0.2, 0.25) is 0 Å². The second-order valence-electron chi connectivity index (χ2n) is 3.99. The minimum atomic E-state index is -0.514. The second-order valence-corrected chi connectivity index (χ2v) is 3.99. The summed E-state index contributed by atoms with van der Waals surface area (Å²) in [5, 5.41) is 9.16. The van der Waals surface area contributed by atoms with Crippen molar-refractivity contribution >= 4 is 5.91 Å². The summed E-state index contributed by atoms with van der Waals surface area (Å²) in [5.41, 5.74) is 6.84. The average Bonchev–Trinajstić information content (AvgIpc) is 2.33. The van der Waals surface area contributed by atoms with Gasteiger partial charge in [0, 0.05) is 13.1 Å². The number of phenolic OH excluding ortho intramolecular Hbond substituents is 1. The predicted molar refractivity (Wildman–Crippen MR) is 67.7 cm³/mol. The van der Waals surface area contributed by atoms with Gasteiger partial charge in [0.2, 0.25) is 5.91 Å². The molecular formula is C13H20N2O2. The Morgan fingerprint density at radius 1 is 1.29 bits per heavy atom. The maximum atomic E-state index is 11.9. The molecule has 0 radical (unpaired) electrons. The maximum absolute atomic E-state index is 11.9. The van der Waals surface area contributed by atoms with Crippen LogP contribution >= 0.6 is 0 Å². The zero-order chi connectivity index (χ0) is 12.8. The van der Waals surface area contributed by atoms with E-state index < -0.39 is 6.04 Å². The number of aromatic hydroxyl groups is 1. The molecule has 0 bridgehead atoms. The van der Waals surface area contributed by atoms with Crippen LogP contribution in [0.1, 0.15) is 19.4 Å². The Hall–Kier alpha value is -1.55. The molecule has 1 aromatic carbocycles. The molecule has 17 heavy (non-hydrogen) atoms. The van der Waals surface area contributed by atoms with Crippen molar-refractivity contribution in [2.24, 2.45) is 5.73 Å². The zero-order valence-corrected chi connectivity index (χ0v) is 10.4. The molecule has 1 aromatic rings. The summed E-state index contributed by atoms with van der Waals surface area (Å²) in [6.45, 7) is 5.24. The third-order valence-electron chi connectivity index (χ3n) is 2.78. The van der Waals surface area contributed by atoms with Gasteiger partial charge in [-0.15, -0.1) is 0 Å². The van der Waals surface area contributed by atoms with Crippen LogP contribution in [0.25, 0.3) is 0 Å². The van der Waals surface area contributed by atoms with Gasteiger partial charge in [-0.05, 0) is 38.0 Å². The molecule has 4 nitrogen and oxygen atoms in total. The number of hydrogen-bond acceptors (Lipinski definition) is 3. The molecule has 94 valence electrons. The number of rotatable bonds is 5. The van der Waals surface area contributed by atoms with E-state index >= 15 is 0 Å². The fourth-order valence-corrected chi connectivity index (χ4v) is 1.74. The lowest BCUT2D eigenvalue weighted by molar-refractivity contribution is -0.132. The Balaban J connectivity index is 2.62. The van der Waals surface area contributed by atoms with Gasteiger partial charge in [-0.1, -0.05) is 12.1 Å². The molecule has 4 heteroatoms. The van der Waals surface area contributed by atoms with E-state index in [4.69, 9.17) is 10.8 Å². The summed E-state index contributed by atoms with van der Waals surface area (Å²) in [5.74, 6) is 0.195. The third kappa shape index (κ3) is 3.75. The Labute approximate surface area is 102 Å². The lowest BCUT2D eigenvalue weighted by Crippen LogP contribution is -2.44. The molecule has 0 spiro atoms. The maximum Gasteiger partial charge on any atom is 0.239 e. The van der Waals surface area contributed by atoms with Gasteiger partial charge in [0.25, 0.3) is 0 Å². The summed E-state index contributed by atoms with van der Waals surface area (Å²) in [7, 11) is 0. The van der Waals surface area contributed by atoms with Gasteiger partial charge in [0.05, 0.1) is 6.04 Å². The molecule has 0 unspecified atom stereocenters. The van der Waals surface area contributed by atoms with E-state index in [1.165, 1.54) is 0 Å². The molecule has 0 aliphatic carbocycles. The first-order valence-corrected chi connectivity index (χ1v) is 5.90. The normalized spacial score (nSPS) is 12.2. The first kappa shape index (κ1) is 13.5. The van der Waals surface area contributed by atoms with Crippen LogP contribution in [0, 0.1) is 0 Å². The molecule has 0 saturated carbocycles. The highest BCUT2D eigenvalue weighted by Gasteiger charge is 2.18. The Morgan fingerprint density at radius 2 is 1.82 bits per heavy atom. The number of phenols is 1. The molecular weight excluding hydrogens is 216 g/mol. The molecule has 0 saturated heterocycles. The number of nitrogens with zero attached hydrogens (tertiary/aromatic N) is 1. The Kier molecular flexibility index (Phi) is 4.97. The van der Waals surface area contributed by atoms with Crippen molar-refractivity contribution in [2.45, 2.75) is 26.3 Å². The fourth-order valence-electron chi connectivity index (χ4n) is 1.74. The molecule has 1 atom stereocenters. The lowest BCUT2D eigenvalue weighted by atomic mass is 10.1. The van der Waals surface area contributed by atoms with Gasteiger partial charge in [0.1, 0.15) is 5.75 Å². The van der Waals surface area contributed by atoms with Crippen LogP contribution in [0.15, 0.2) is 24.3 Å². The van der Waals surface area contributed by atoms with E-state index in [1.54, 1.807) is 29.2 Å². The van der Waals surface area contributed by atoms with Crippen LogP contribution in [-0.2, 0) is 11.2 Å². The fraction of sp³-hybridized carbons (Fsp3) is 0.462. The van der Waals surface area contributed by atoms with E-state index in [0.717, 1.165) is 5.56 Å². The van der Waals surface area contributed by atoms with Crippen molar-refractivity contribution < 1.29 is 9.90 Å². The van der Waals surface area contributed by atoms with Gasteiger partial charge >= 0.3 is 0 Å². The van der Waals surface area contributed by atoms with E-state index in [1.807, 2.05) is 13.8 Å². The molecule has 3 N–H and O–H groups in total. The number of nitrogens with two attached hydrogens (primary N) is 1. The molecule has 0 fully saturated rings. The van der Waals surface area contributed by atoms with Crippen LogP contribution in [0.4, 0.5) is 0 Å². The van der Waals surface area contributed by atoms with E-state index in [0.29, 0.717) is 19.5 Å². The van der Waals surface area contributed by atoms with Crippen molar-refractivity contribution in [1.29, 1.82) is 0 Å². The lowest BCUT2D eigenvalue weighted by Gasteiger charge is -2.22. The van der Waals surface area contributed by atoms with E-state index in [-0.39, 0.29) is 11.7 Å². The standard InChI is InChI=1S/C13H20N2O2/c1-3-15(4-2)13(17)12(14)9-10-5-7-11(16)8-6-10/h5-8,12,16H,3-4,9,14H2,1-2H3/t12-/m0/s1. The van der Waals surface area contributed by atoms with Crippen molar-refractivity contribution in [1.82, 2.24) is 4.90 Å². The topological polar surface area (TPSA) is 66.6 Å². The SMILES string of the molecule is CCN(CC)C(=O)[C@@H](N)Cc1ccc(O)cc1. The summed E-state index contributed by atoms with van der Waals surface area (Å²) in [6, 6.07) is 6.25. The summed E-state index contributed by atoms with van der Waals surface area (Å²) >= 11 is 0. The zero-order valence-electron chi connectivity index (χ0n) is 10.4. The van der Waals surface area contributed by atoms with Crippen LogP contribution in [0.3, 0.4) is 0 Å². The monoisotopic (exact) mass is 236 g/mol. The van der Waals surface area contributed by atoms with Gasteiger partial charge in [-0.3, -0.25) is 4.79 Å². The van der Waals surface area contributed by atoms with Crippen molar-refractivity contribution in [3.63, 3.8) is 0 Å². The van der Waals surface area contributed by atoms with E-state index in [9.17, 15) is 4.79 Å². The minimum absolute atomic E-state index is 0.0249. The number of amides is 1. The highest BCUT2D eigenvalue weighted by molar-refractivity contribution is 5.81. The third-order valence-corrected chi connectivity index (χ3v) is 2.78. The quantitative estimate of drug-likeness (QED) is 0.805. The number of likely N-dealkylation sites (N-methyl/N-ethyl adjacent to an activating group) is 1. The smallest absolute Gasteiger partial charge is 0.239 e. The number of hydrogen-bond donors (Lipinski definition) is 2.